The standard InChI is InChI=1S/C29H38O5.C5H8O2/c1-23(2)29(32)34-21-15-10-8-6-4-3-5-7-9-14-20-33-25-18-19-26(27(30)22-25)28(31)24-16-12-11-13-17-24;1-4(2)5(6)7-3/h11-13,16-19,22,30H,1,3-10,14-15,20-21H2,2H3;1H2,2-3H3. The Labute approximate surface area is 245 Å². The Morgan fingerprint density at radius 2 is 1.22 bits per heavy atom. The summed E-state index contributed by atoms with van der Waals surface area (Å²) in [5.74, 6) is -0.318. The summed E-state index contributed by atoms with van der Waals surface area (Å²) < 4.78 is 15.1. The van der Waals surface area contributed by atoms with Gasteiger partial charge in [-0.25, -0.2) is 9.59 Å². The number of hydrogen-bond acceptors (Lipinski definition) is 7. The van der Waals surface area contributed by atoms with Crippen LogP contribution in [0, 0.1) is 0 Å². The number of ketones is 1. The van der Waals surface area contributed by atoms with Crippen molar-refractivity contribution >= 4 is 17.7 Å². The molecular weight excluding hydrogens is 520 g/mol. The smallest absolute Gasteiger partial charge is 0.333 e. The number of rotatable bonds is 18. The normalized spacial score (nSPS) is 10.1. The van der Waals surface area contributed by atoms with Crippen LogP contribution in [-0.2, 0) is 19.1 Å². The zero-order valence-corrected chi connectivity index (χ0v) is 24.9. The van der Waals surface area contributed by atoms with Gasteiger partial charge in [0.05, 0.1) is 25.9 Å². The zero-order valence-electron chi connectivity index (χ0n) is 24.9. The topological polar surface area (TPSA) is 99.1 Å². The highest BCUT2D eigenvalue weighted by molar-refractivity contribution is 6.10. The molecule has 0 aromatic heterocycles. The Kier molecular flexibility index (Phi) is 18.0. The van der Waals surface area contributed by atoms with Gasteiger partial charge in [0.1, 0.15) is 11.5 Å². The molecule has 0 aliphatic rings. The Morgan fingerprint density at radius 3 is 1.68 bits per heavy atom. The first-order valence-electron chi connectivity index (χ1n) is 14.3. The maximum atomic E-state index is 12.5. The van der Waals surface area contributed by atoms with E-state index in [4.69, 9.17) is 9.47 Å². The summed E-state index contributed by atoms with van der Waals surface area (Å²) >= 11 is 0. The van der Waals surface area contributed by atoms with Crippen LogP contribution in [0.3, 0.4) is 0 Å². The van der Waals surface area contributed by atoms with E-state index in [1.165, 1.54) is 51.7 Å². The molecule has 2 rings (SSSR count). The molecule has 0 saturated carbocycles. The maximum Gasteiger partial charge on any atom is 0.333 e. The van der Waals surface area contributed by atoms with Gasteiger partial charge in [0.2, 0.25) is 0 Å². The number of methoxy groups -OCH3 is 1. The molecule has 2 aromatic rings. The lowest BCUT2D eigenvalue weighted by Crippen LogP contribution is -2.05. The molecule has 1 N–H and O–H groups in total. The van der Waals surface area contributed by atoms with Crippen molar-refractivity contribution in [1.29, 1.82) is 0 Å². The number of esters is 2. The summed E-state index contributed by atoms with van der Waals surface area (Å²) in [5, 5.41) is 10.2. The SMILES string of the molecule is C=C(C)C(=O)OC.C=C(C)C(=O)OCCCCCCCCCCCCOc1ccc(C(=O)c2ccccc2)c(O)c1. The average molecular weight is 567 g/mol. The Bertz CT molecular complexity index is 1110. The monoisotopic (exact) mass is 566 g/mol. The van der Waals surface area contributed by atoms with Gasteiger partial charge in [0, 0.05) is 22.8 Å². The van der Waals surface area contributed by atoms with E-state index >= 15 is 0 Å². The zero-order chi connectivity index (χ0) is 30.5. The molecule has 0 heterocycles. The van der Waals surface area contributed by atoms with Crippen LogP contribution >= 0.6 is 0 Å². The summed E-state index contributed by atoms with van der Waals surface area (Å²) in [6.07, 6.45) is 11.4. The molecule has 0 atom stereocenters. The van der Waals surface area contributed by atoms with Crippen LogP contribution in [0.15, 0.2) is 72.8 Å². The lowest BCUT2D eigenvalue weighted by Gasteiger charge is -2.09. The minimum absolute atomic E-state index is 0.0563. The second-order valence-electron chi connectivity index (χ2n) is 9.95. The van der Waals surface area contributed by atoms with Crippen LogP contribution in [0.5, 0.6) is 11.5 Å². The molecule has 224 valence electrons. The van der Waals surface area contributed by atoms with E-state index < -0.39 is 0 Å². The molecule has 0 bridgehead atoms. The number of phenolic OH excluding ortho intramolecular Hbond substituents is 1. The van der Waals surface area contributed by atoms with Crippen LogP contribution in [-0.4, -0.2) is 43.2 Å². The fourth-order valence-electron chi connectivity index (χ4n) is 3.81. The van der Waals surface area contributed by atoms with E-state index in [9.17, 15) is 19.5 Å². The van der Waals surface area contributed by atoms with Gasteiger partial charge in [0.25, 0.3) is 0 Å². The van der Waals surface area contributed by atoms with Gasteiger partial charge < -0.3 is 19.3 Å². The third-order valence-corrected chi connectivity index (χ3v) is 6.17. The molecule has 0 fully saturated rings. The molecule has 7 nitrogen and oxygen atoms in total. The van der Waals surface area contributed by atoms with Crippen molar-refractivity contribution in [3.05, 3.63) is 84.0 Å². The van der Waals surface area contributed by atoms with Gasteiger partial charge in [-0.15, -0.1) is 0 Å². The predicted molar refractivity (Wildman–Crippen MR) is 162 cm³/mol. The number of benzene rings is 2. The summed E-state index contributed by atoms with van der Waals surface area (Å²) in [6.45, 7) is 11.3. The van der Waals surface area contributed by atoms with E-state index in [0.29, 0.717) is 35.7 Å². The van der Waals surface area contributed by atoms with Gasteiger partial charge in [-0.1, -0.05) is 94.9 Å². The first kappa shape index (κ1) is 35.2. The van der Waals surface area contributed by atoms with Crippen LogP contribution in [0.4, 0.5) is 0 Å². The number of hydrogen-bond donors (Lipinski definition) is 1. The number of carbonyl (C=O) groups is 3. The molecule has 0 spiro atoms. The molecule has 0 radical (unpaired) electrons. The molecule has 0 unspecified atom stereocenters. The maximum absolute atomic E-state index is 12.5. The molecule has 0 amide bonds. The minimum Gasteiger partial charge on any atom is -0.507 e. The predicted octanol–water partition coefficient (Wildman–Crippen LogP) is 7.76. The lowest BCUT2D eigenvalue weighted by atomic mass is 10.0. The van der Waals surface area contributed by atoms with Crippen LogP contribution < -0.4 is 4.74 Å². The van der Waals surface area contributed by atoms with Crippen LogP contribution in [0.25, 0.3) is 0 Å². The second kappa shape index (κ2) is 21.0. The lowest BCUT2D eigenvalue weighted by molar-refractivity contribution is -0.139. The Hall–Kier alpha value is -3.87. The fourth-order valence-corrected chi connectivity index (χ4v) is 3.81. The van der Waals surface area contributed by atoms with Gasteiger partial charge in [-0.05, 0) is 38.8 Å². The first-order chi connectivity index (χ1) is 19.7. The molecular formula is C34H46O7. The van der Waals surface area contributed by atoms with E-state index in [1.807, 2.05) is 6.07 Å². The summed E-state index contributed by atoms with van der Waals surface area (Å²) in [4.78, 5) is 33.9. The summed E-state index contributed by atoms with van der Waals surface area (Å²) in [5.41, 5.74) is 1.72. The number of phenols is 1. The quantitative estimate of drug-likeness (QED) is 0.0852. The van der Waals surface area contributed by atoms with Crippen molar-refractivity contribution in [3.63, 3.8) is 0 Å². The highest BCUT2D eigenvalue weighted by Gasteiger charge is 2.14. The van der Waals surface area contributed by atoms with Crippen LogP contribution in [0.1, 0.15) is 94.0 Å². The minimum atomic E-state index is -0.347. The van der Waals surface area contributed by atoms with Gasteiger partial charge in [-0.2, -0.15) is 0 Å². The number of ether oxygens (including phenoxy) is 3. The summed E-state index contributed by atoms with van der Waals surface area (Å²) in [7, 11) is 1.33. The third-order valence-electron chi connectivity index (χ3n) is 6.17. The van der Waals surface area contributed by atoms with E-state index in [-0.39, 0.29) is 29.0 Å². The second-order valence-corrected chi connectivity index (χ2v) is 9.95. The van der Waals surface area contributed by atoms with Gasteiger partial charge >= 0.3 is 11.9 Å². The van der Waals surface area contributed by atoms with E-state index in [2.05, 4.69) is 17.9 Å². The molecule has 41 heavy (non-hydrogen) atoms. The van der Waals surface area contributed by atoms with Gasteiger partial charge in [-0.3, -0.25) is 4.79 Å². The fraction of sp³-hybridized carbons (Fsp3) is 0.441. The molecule has 0 saturated heterocycles. The molecule has 0 aliphatic carbocycles. The Balaban J connectivity index is 0.00000106. The highest BCUT2D eigenvalue weighted by Crippen LogP contribution is 2.26. The van der Waals surface area contributed by atoms with Crippen LogP contribution in [0.2, 0.25) is 0 Å². The number of aromatic hydroxyl groups is 1. The van der Waals surface area contributed by atoms with Crippen molar-refractivity contribution in [3.8, 4) is 11.5 Å². The molecule has 0 aliphatic heterocycles. The summed E-state index contributed by atoms with van der Waals surface area (Å²) in [6, 6.07) is 13.8. The van der Waals surface area contributed by atoms with E-state index in [1.54, 1.807) is 50.2 Å². The van der Waals surface area contributed by atoms with Gasteiger partial charge in [0.15, 0.2) is 5.78 Å². The largest absolute Gasteiger partial charge is 0.507 e. The van der Waals surface area contributed by atoms with Crippen molar-refractivity contribution in [2.24, 2.45) is 0 Å². The van der Waals surface area contributed by atoms with E-state index in [0.717, 1.165) is 25.7 Å². The van der Waals surface area contributed by atoms with Crippen molar-refractivity contribution in [1.82, 2.24) is 0 Å². The first-order valence-corrected chi connectivity index (χ1v) is 14.3. The molecule has 2 aromatic carbocycles. The number of carbonyl (C=O) groups excluding carboxylic acids is 3. The van der Waals surface area contributed by atoms with Crippen molar-refractivity contribution in [2.45, 2.75) is 78.1 Å². The third kappa shape index (κ3) is 15.5. The van der Waals surface area contributed by atoms with Crippen molar-refractivity contribution in [2.75, 3.05) is 20.3 Å². The average Bonchev–Trinajstić information content (AvgIpc) is 2.97. The number of unbranched alkanes of at least 4 members (excludes halogenated alkanes) is 9. The Morgan fingerprint density at radius 1 is 0.707 bits per heavy atom. The highest BCUT2D eigenvalue weighted by atomic mass is 16.5. The molecule has 7 heteroatoms. The van der Waals surface area contributed by atoms with Crippen molar-refractivity contribution < 1.29 is 33.7 Å².